The minimum Gasteiger partial charge on any atom is -0.508 e. The number of benzene rings is 1. The van der Waals surface area contributed by atoms with Crippen molar-refractivity contribution in [3.8, 4) is 5.75 Å². The Bertz CT molecular complexity index is 457. The molecule has 0 saturated heterocycles. The fraction of sp³-hybridized carbons (Fsp3) is 0.533. The fourth-order valence-corrected chi connectivity index (χ4v) is 2.14. The molecule has 0 aliphatic rings. The fourth-order valence-electron chi connectivity index (χ4n) is 2.14. The number of nitrogens with two attached hydrogens (primary N) is 1. The van der Waals surface area contributed by atoms with Crippen LogP contribution in [0, 0.1) is 19.3 Å². The first-order chi connectivity index (χ1) is 8.90. The SMILES string of the molecule is CCC(CC)(CN)C(=O)Nc1cc(C)c(O)cc1C. The normalized spacial score (nSPS) is 11.4. The zero-order valence-corrected chi connectivity index (χ0v) is 12.2. The van der Waals surface area contributed by atoms with Crippen LogP contribution < -0.4 is 11.1 Å². The third-order valence-electron chi connectivity index (χ3n) is 4.02. The zero-order valence-electron chi connectivity index (χ0n) is 12.2. The first-order valence-corrected chi connectivity index (χ1v) is 6.72. The Morgan fingerprint density at radius 2 is 1.84 bits per heavy atom. The molecule has 0 atom stereocenters. The van der Waals surface area contributed by atoms with Gasteiger partial charge >= 0.3 is 0 Å². The summed E-state index contributed by atoms with van der Waals surface area (Å²) in [5.41, 5.74) is 7.58. The number of aromatic hydroxyl groups is 1. The van der Waals surface area contributed by atoms with E-state index in [1.54, 1.807) is 19.1 Å². The molecule has 0 aliphatic heterocycles. The molecule has 0 saturated carbocycles. The van der Waals surface area contributed by atoms with Gasteiger partial charge in [-0.25, -0.2) is 0 Å². The number of rotatable bonds is 5. The molecule has 4 heteroatoms. The lowest BCUT2D eigenvalue weighted by Crippen LogP contribution is -2.41. The lowest BCUT2D eigenvalue weighted by atomic mass is 9.81. The molecule has 0 heterocycles. The van der Waals surface area contributed by atoms with E-state index in [-0.39, 0.29) is 11.7 Å². The molecule has 4 nitrogen and oxygen atoms in total. The molecule has 4 N–H and O–H groups in total. The van der Waals surface area contributed by atoms with Gasteiger partial charge in [-0.05, 0) is 49.9 Å². The van der Waals surface area contributed by atoms with Crippen molar-refractivity contribution >= 4 is 11.6 Å². The summed E-state index contributed by atoms with van der Waals surface area (Å²) < 4.78 is 0. The third kappa shape index (κ3) is 3.07. The third-order valence-corrected chi connectivity index (χ3v) is 4.02. The highest BCUT2D eigenvalue weighted by molar-refractivity contribution is 5.96. The van der Waals surface area contributed by atoms with Crippen molar-refractivity contribution in [2.45, 2.75) is 40.5 Å². The summed E-state index contributed by atoms with van der Waals surface area (Å²) in [6, 6.07) is 3.45. The quantitative estimate of drug-likeness (QED) is 0.716. The van der Waals surface area contributed by atoms with Crippen molar-refractivity contribution < 1.29 is 9.90 Å². The molecule has 0 radical (unpaired) electrons. The first-order valence-electron chi connectivity index (χ1n) is 6.72. The number of hydrogen-bond donors (Lipinski definition) is 3. The Kier molecular flexibility index (Phi) is 4.95. The monoisotopic (exact) mass is 264 g/mol. The number of carbonyl (C=O) groups excluding carboxylic acids is 1. The number of nitrogens with one attached hydrogen (secondary N) is 1. The summed E-state index contributed by atoms with van der Waals surface area (Å²) in [6.45, 7) is 7.95. The topological polar surface area (TPSA) is 75.4 Å². The zero-order chi connectivity index (χ0) is 14.6. The minimum atomic E-state index is -0.516. The van der Waals surface area contributed by atoms with Crippen LogP contribution in [0.15, 0.2) is 12.1 Å². The van der Waals surface area contributed by atoms with Crippen molar-refractivity contribution in [3.05, 3.63) is 23.3 Å². The Morgan fingerprint density at radius 3 is 2.32 bits per heavy atom. The second kappa shape index (κ2) is 6.06. The van der Waals surface area contributed by atoms with E-state index in [0.29, 0.717) is 19.4 Å². The standard InChI is InChI=1S/C15H24N2O2/c1-5-15(6-2,9-16)14(19)17-12-7-11(4)13(18)8-10(12)3/h7-8,18H,5-6,9,16H2,1-4H3,(H,17,19). The van der Waals surface area contributed by atoms with Crippen LogP contribution in [-0.2, 0) is 4.79 Å². The highest BCUT2D eigenvalue weighted by Crippen LogP contribution is 2.30. The number of amides is 1. The van der Waals surface area contributed by atoms with Crippen LogP contribution in [0.4, 0.5) is 5.69 Å². The average molecular weight is 264 g/mol. The number of anilines is 1. The molecule has 106 valence electrons. The van der Waals surface area contributed by atoms with Crippen molar-refractivity contribution in [3.63, 3.8) is 0 Å². The summed E-state index contributed by atoms with van der Waals surface area (Å²) >= 11 is 0. The van der Waals surface area contributed by atoms with Gasteiger partial charge < -0.3 is 16.2 Å². The van der Waals surface area contributed by atoms with Gasteiger partial charge in [-0.2, -0.15) is 0 Å². The van der Waals surface area contributed by atoms with Crippen molar-refractivity contribution in [1.29, 1.82) is 0 Å². The average Bonchev–Trinajstić information content (AvgIpc) is 2.38. The second-order valence-corrected chi connectivity index (χ2v) is 5.10. The summed E-state index contributed by atoms with van der Waals surface area (Å²) in [6.07, 6.45) is 1.42. The smallest absolute Gasteiger partial charge is 0.231 e. The van der Waals surface area contributed by atoms with Gasteiger partial charge in [0, 0.05) is 12.2 Å². The van der Waals surface area contributed by atoms with E-state index in [0.717, 1.165) is 16.8 Å². The van der Waals surface area contributed by atoms with E-state index < -0.39 is 5.41 Å². The van der Waals surface area contributed by atoms with Crippen molar-refractivity contribution in [1.82, 2.24) is 0 Å². The predicted molar refractivity (Wildman–Crippen MR) is 78.3 cm³/mol. The lowest BCUT2D eigenvalue weighted by Gasteiger charge is -2.29. The van der Waals surface area contributed by atoms with Crippen LogP contribution in [-0.4, -0.2) is 17.6 Å². The second-order valence-electron chi connectivity index (χ2n) is 5.10. The van der Waals surface area contributed by atoms with E-state index in [1.165, 1.54) is 0 Å². The molecular formula is C15H24N2O2. The number of aryl methyl sites for hydroxylation is 2. The molecule has 0 bridgehead atoms. The minimum absolute atomic E-state index is 0.0480. The van der Waals surface area contributed by atoms with Crippen molar-refractivity contribution in [2.24, 2.45) is 11.1 Å². The van der Waals surface area contributed by atoms with E-state index in [1.807, 2.05) is 20.8 Å². The molecule has 0 unspecified atom stereocenters. The molecule has 19 heavy (non-hydrogen) atoms. The highest BCUT2D eigenvalue weighted by atomic mass is 16.3. The van der Waals surface area contributed by atoms with Crippen LogP contribution in [0.25, 0.3) is 0 Å². The Hall–Kier alpha value is -1.55. The molecular weight excluding hydrogens is 240 g/mol. The van der Waals surface area contributed by atoms with Crippen LogP contribution in [0.2, 0.25) is 0 Å². The van der Waals surface area contributed by atoms with Crippen LogP contribution in [0.3, 0.4) is 0 Å². The summed E-state index contributed by atoms with van der Waals surface area (Å²) in [5, 5.41) is 12.6. The Labute approximate surface area is 115 Å². The van der Waals surface area contributed by atoms with E-state index in [2.05, 4.69) is 5.32 Å². The van der Waals surface area contributed by atoms with Gasteiger partial charge in [0.1, 0.15) is 5.75 Å². The molecule has 1 aromatic rings. The Balaban J connectivity index is 3.02. The summed E-state index contributed by atoms with van der Waals surface area (Å²) in [5.74, 6) is 0.194. The van der Waals surface area contributed by atoms with Gasteiger partial charge in [0.25, 0.3) is 0 Å². The predicted octanol–water partition coefficient (Wildman–Crippen LogP) is 2.71. The largest absolute Gasteiger partial charge is 0.508 e. The van der Waals surface area contributed by atoms with Gasteiger partial charge in [0.05, 0.1) is 5.41 Å². The van der Waals surface area contributed by atoms with E-state index in [4.69, 9.17) is 5.73 Å². The number of phenols is 1. The summed E-state index contributed by atoms with van der Waals surface area (Å²) in [7, 11) is 0. The Morgan fingerprint density at radius 1 is 1.26 bits per heavy atom. The highest BCUT2D eigenvalue weighted by Gasteiger charge is 2.33. The lowest BCUT2D eigenvalue weighted by molar-refractivity contribution is -0.125. The molecule has 1 rings (SSSR count). The van der Waals surface area contributed by atoms with Crippen LogP contribution in [0.1, 0.15) is 37.8 Å². The van der Waals surface area contributed by atoms with Crippen LogP contribution in [0.5, 0.6) is 5.75 Å². The van der Waals surface area contributed by atoms with E-state index >= 15 is 0 Å². The van der Waals surface area contributed by atoms with Crippen molar-refractivity contribution in [2.75, 3.05) is 11.9 Å². The first kappa shape index (κ1) is 15.5. The molecule has 0 aliphatic carbocycles. The van der Waals surface area contributed by atoms with Gasteiger partial charge in [0.2, 0.25) is 5.91 Å². The number of hydrogen-bond acceptors (Lipinski definition) is 3. The van der Waals surface area contributed by atoms with Gasteiger partial charge in [-0.3, -0.25) is 4.79 Å². The number of phenolic OH excluding ortho intramolecular Hbond substituents is 1. The van der Waals surface area contributed by atoms with Gasteiger partial charge in [0.15, 0.2) is 0 Å². The maximum atomic E-state index is 12.4. The molecule has 1 amide bonds. The maximum Gasteiger partial charge on any atom is 0.231 e. The van der Waals surface area contributed by atoms with Gasteiger partial charge in [-0.1, -0.05) is 13.8 Å². The summed E-state index contributed by atoms with van der Waals surface area (Å²) in [4.78, 5) is 12.4. The molecule has 0 spiro atoms. The molecule has 0 aromatic heterocycles. The van der Waals surface area contributed by atoms with Gasteiger partial charge in [-0.15, -0.1) is 0 Å². The van der Waals surface area contributed by atoms with Crippen LogP contribution >= 0.6 is 0 Å². The van der Waals surface area contributed by atoms with E-state index in [9.17, 15) is 9.90 Å². The number of carbonyl (C=O) groups is 1. The maximum absolute atomic E-state index is 12.4. The molecule has 1 aromatic carbocycles. The molecule has 0 fully saturated rings.